The largest absolute Gasteiger partial charge is 0.394 e. The lowest BCUT2D eigenvalue weighted by Crippen LogP contribution is -2.06. The van der Waals surface area contributed by atoms with Gasteiger partial charge in [0, 0.05) is 16.7 Å². The molecular weight excluding hydrogens is 304 g/mol. The summed E-state index contributed by atoms with van der Waals surface area (Å²) in [4.78, 5) is 0. The fourth-order valence-electron chi connectivity index (χ4n) is 1.97. The van der Waals surface area contributed by atoms with Crippen LogP contribution in [0.5, 0.6) is 0 Å². The molecule has 1 heterocycles. The monoisotopic (exact) mass is 322 g/mol. The molecule has 19 heavy (non-hydrogen) atoms. The van der Waals surface area contributed by atoms with Crippen LogP contribution in [0.4, 0.5) is 17.2 Å². The molecule has 0 radical (unpaired) electrons. The van der Waals surface area contributed by atoms with Crippen LogP contribution in [-0.2, 0) is 6.54 Å². The highest BCUT2D eigenvalue weighted by Crippen LogP contribution is 2.30. The maximum Gasteiger partial charge on any atom is 0.152 e. The molecule has 1 aromatic heterocycles. The fourth-order valence-corrected chi connectivity index (χ4v) is 2.34. The van der Waals surface area contributed by atoms with Crippen LogP contribution in [0.1, 0.15) is 24.6 Å². The number of hydrogen-bond donors (Lipinski definition) is 2. The quantitative estimate of drug-likeness (QED) is 0.894. The van der Waals surface area contributed by atoms with Crippen LogP contribution in [0.15, 0.2) is 22.7 Å². The van der Waals surface area contributed by atoms with Crippen molar-refractivity contribution >= 4 is 33.1 Å². The highest BCUT2D eigenvalue weighted by molar-refractivity contribution is 9.10. The van der Waals surface area contributed by atoms with Crippen molar-refractivity contribution in [1.29, 1.82) is 0 Å². The molecule has 0 saturated carbocycles. The van der Waals surface area contributed by atoms with Gasteiger partial charge in [0.1, 0.15) is 0 Å². The fraction of sp³-hybridized carbons (Fsp3) is 0.357. The van der Waals surface area contributed by atoms with Crippen LogP contribution >= 0.6 is 15.9 Å². The molecule has 3 N–H and O–H groups in total. The van der Waals surface area contributed by atoms with E-state index in [4.69, 9.17) is 5.73 Å². The number of nitrogen functional groups attached to an aromatic ring is 1. The number of aryl methyl sites for hydroxylation is 2. The summed E-state index contributed by atoms with van der Waals surface area (Å²) in [6.45, 7) is 6.98. The summed E-state index contributed by atoms with van der Waals surface area (Å²) in [6, 6.07) is 6.07. The minimum absolute atomic E-state index is 0.716. The second kappa shape index (κ2) is 5.65. The first kappa shape index (κ1) is 13.9. The molecule has 5 heteroatoms. The molecule has 0 fully saturated rings. The zero-order valence-corrected chi connectivity index (χ0v) is 13.1. The molecule has 0 aliphatic carbocycles. The van der Waals surface area contributed by atoms with Gasteiger partial charge >= 0.3 is 0 Å². The average molecular weight is 323 g/mol. The van der Waals surface area contributed by atoms with Crippen LogP contribution in [0, 0.1) is 13.8 Å². The lowest BCUT2D eigenvalue weighted by atomic mass is 10.2. The molecule has 2 rings (SSSR count). The summed E-state index contributed by atoms with van der Waals surface area (Å²) in [6.07, 6.45) is 1.02. The summed E-state index contributed by atoms with van der Waals surface area (Å²) in [7, 11) is 0. The normalized spacial score (nSPS) is 10.7. The number of hydrogen-bond acceptors (Lipinski definition) is 3. The SMILES string of the molecule is CCCn1nc(C)c(N)c1Nc1cccc(Br)c1C. The number of rotatable bonds is 4. The molecule has 4 nitrogen and oxygen atoms in total. The Labute approximate surface area is 122 Å². The van der Waals surface area contributed by atoms with E-state index in [1.807, 2.05) is 29.8 Å². The predicted molar refractivity (Wildman–Crippen MR) is 83.8 cm³/mol. The molecule has 0 aliphatic heterocycles. The number of anilines is 3. The molecular formula is C14H19BrN4. The van der Waals surface area contributed by atoms with E-state index in [1.165, 1.54) is 0 Å². The van der Waals surface area contributed by atoms with Gasteiger partial charge in [0.25, 0.3) is 0 Å². The minimum atomic E-state index is 0.716. The molecule has 0 saturated heterocycles. The Hall–Kier alpha value is -1.49. The summed E-state index contributed by atoms with van der Waals surface area (Å²) in [5, 5.41) is 7.87. The summed E-state index contributed by atoms with van der Waals surface area (Å²) in [5.41, 5.74) is 9.89. The van der Waals surface area contributed by atoms with Crippen LogP contribution in [0.3, 0.4) is 0 Å². The van der Waals surface area contributed by atoms with Gasteiger partial charge in [0.15, 0.2) is 5.82 Å². The topological polar surface area (TPSA) is 55.9 Å². The number of nitrogens with one attached hydrogen (secondary N) is 1. The maximum absolute atomic E-state index is 6.11. The first-order chi connectivity index (χ1) is 9.04. The summed E-state index contributed by atoms with van der Waals surface area (Å²) in [5.74, 6) is 0.876. The number of benzene rings is 1. The molecule has 0 spiro atoms. The van der Waals surface area contributed by atoms with Gasteiger partial charge in [-0.15, -0.1) is 0 Å². The first-order valence-electron chi connectivity index (χ1n) is 6.39. The Balaban J connectivity index is 2.40. The van der Waals surface area contributed by atoms with Crippen molar-refractivity contribution in [3.63, 3.8) is 0 Å². The Morgan fingerprint density at radius 1 is 1.37 bits per heavy atom. The van der Waals surface area contributed by atoms with E-state index in [0.29, 0.717) is 5.69 Å². The third kappa shape index (κ3) is 2.76. The van der Waals surface area contributed by atoms with Crippen LogP contribution in [0.25, 0.3) is 0 Å². The number of aromatic nitrogens is 2. The van der Waals surface area contributed by atoms with Gasteiger partial charge < -0.3 is 11.1 Å². The van der Waals surface area contributed by atoms with E-state index in [1.54, 1.807) is 0 Å². The van der Waals surface area contributed by atoms with E-state index in [9.17, 15) is 0 Å². The molecule has 0 aliphatic rings. The van der Waals surface area contributed by atoms with Gasteiger partial charge in [0.2, 0.25) is 0 Å². The molecule has 0 amide bonds. The zero-order chi connectivity index (χ0) is 14.0. The van der Waals surface area contributed by atoms with Crippen molar-refractivity contribution in [3.05, 3.63) is 33.9 Å². The van der Waals surface area contributed by atoms with Crippen molar-refractivity contribution < 1.29 is 0 Å². The van der Waals surface area contributed by atoms with E-state index in [-0.39, 0.29) is 0 Å². The molecule has 0 unspecified atom stereocenters. The Morgan fingerprint density at radius 3 is 2.79 bits per heavy atom. The van der Waals surface area contributed by atoms with E-state index >= 15 is 0 Å². The number of halogens is 1. The second-order valence-corrected chi connectivity index (χ2v) is 5.46. The minimum Gasteiger partial charge on any atom is -0.394 e. The van der Waals surface area contributed by atoms with Gasteiger partial charge in [-0.05, 0) is 38.0 Å². The van der Waals surface area contributed by atoms with E-state index < -0.39 is 0 Å². The van der Waals surface area contributed by atoms with Crippen molar-refractivity contribution in [2.75, 3.05) is 11.1 Å². The highest BCUT2D eigenvalue weighted by atomic mass is 79.9. The Morgan fingerprint density at radius 2 is 2.11 bits per heavy atom. The molecule has 2 aromatic rings. The predicted octanol–water partition coefficient (Wildman–Crippen LogP) is 4.00. The van der Waals surface area contributed by atoms with Gasteiger partial charge in [-0.25, -0.2) is 4.68 Å². The molecule has 0 bridgehead atoms. The highest BCUT2D eigenvalue weighted by Gasteiger charge is 2.13. The van der Waals surface area contributed by atoms with Crippen LogP contribution < -0.4 is 11.1 Å². The average Bonchev–Trinajstić information content (AvgIpc) is 2.63. The maximum atomic E-state index is 6.11. The summed E-state index contributed by atoms with van der Waals surface area (Å²) >= 11 is 3.54. The number of nitrogens with zero attached hydrogens (tertiary/aromatic N) is 2. The van der Waals surface area contributed by atoms with Gasteiger partial charge in [-0.1, -0.05) is 28.9 Å². The van der Waals surface area contributed by atoms with Gasteiger partial charge in [-0.3, -0.25) is 0 Å². The van der Waals surface area contributed by atoms with E-state index in [2.05, 4.69) is 40.2 Å². The van der Waals surface area contributed by atoms with Gasteiger partial charge in [0.05, 0.1) is 11.4 Å². The third-order valence-electron chi connectivity index (χ3n) is 3.13. The molecule has 0 atom stereocenters. The Kier molecular flexibility index (Phi) is 4.14. The molecule has 1 aromatic carbocycles. The van der Waals surface area contributed by atoms with Crippen molar-refractivity contribution in [2.45, 2.75) is 33.7 Å². The summed E-state index contributed by atoms with van der Waals surface area (Å²) < 4.78 is 3.01. The molecule has 102 valence electrons. The van der Waals surface area contributed by atoms with Crippen molar-refractivity contribution in [3.8, 4) is 0 Å². The lowest BCUT2D eigenvalue weighted by molar-refractivity contribution is 0.605. The standard InChI is InChI=1S/C14H19BrN4/c1-4-8-19-14(13(16)10(3)18-19)17-12-7-5-6-11(15)9(12)2/h5-7,17H,4,8,16H2,1-3H3. The third-order valence-corrected chi connectivity index (χ3v) is 3.99. The number of nitrogens with two attached hydrogens (primary N) is 1. The smallest absolute Gasteiger partial charge is 0.152 e. The van der Waals surface area contributed by atoms with Crippen molar-refractivity contribution in [2.24, 2.45) is 0 Å². The van der Waals surface area contributed by atoms with E-state index in [0.717, 1.165) is 40.2 Å². The second-order valence-electron chi connectivity index (χ2n) is 4.61. The lowest BCUT2D eigenvalue weighted by Gasteiger charge is -2.13. The van der Waals surface area contributed by atoms with Gasteiger partial charge in [-0.2, -0.15) is 5.10 Å². The van der Waals surface area contributed by atoms with Crippen LogP contribution in [-0.4, -0.2) is 9.78 Å². The van der Waals surface area contributed by atoms with Crippen LogP contribution in [0.2, 0.25) is 0 Å². The van der Waals surface area contributed by atoms with Crippen molar-refractivity contribution in [1.82, 2.24) is 9.78 Å². The zero-order valence-electron chi connectivity index (χ0n) is 11.5. The first-order valence-corrected chi connectivity index (χ1v) is 7.19. The Bertz CT molecular complexity index is 589.